The van der Waals surface area contributed by atoms with Gasteiger partial charge in [-0.2, -0.15) is 0 Å². The predicted octanol–water partition coefficient (Wildman–Crippen LogP) is 0.261. The van der Waals surface area contributed by atoms with Crippen molar-refractivity contribution in [1.82, 2.24) is 4.72 Å². The highest BCUT2D eigenvalue weighted by Crippen LogP contribution is 2.14. The quantitative estimate of drug-likeness (QED) is 0.752. The lowest BCUT2D eigenvalue weighted by Gasteiger charge is -2.10. The van der Waals surface area contributed by atoms with Gasteiger partial charge in [0.1, 0.15) is 0 Å². The first-order valence-electron chi connectivity index (χ1n) is 4.88. The molecule has 0 aromatic heterocycles. The van der Waals surface area contributed by atoms with Crippen molar-refractivity contribution >= 4 is 31.9 Å². The summed E-state index contributed by atoms with van der Waals surface area (Å²) in [7, 11) is -2.65. The molecule has 6 nitrogen and oxygen atoms in total. The van der Waals surface area contributed by atoms with E-state index < -0.39 is 28.6 Å². The molecule has 0 saturated carbocycles. The van der Waals surface area contributed by atoms with Crippen molar-refractivity contribution < 1.29 is 23.1 Å². The van der Waals surface area contributed by atoms with E-state index >= 15 is 0 Å². The molecule has 0 fully saturated rings. The molecule has 0 saturated heterocycles. The highest BCUT2D eigenvalue weighted by atomic mass is 79.9. The Bertz CT molecular complexity index is 514. The summed E-state index contributed by atoms with van der Waals surface area (Å²) in [4.78, 5) is 10.9. The monoisotopic (exact) mass is 337 g/mol. The fourth-order valence-corrected chi connectivity index (χ4v) is 2.41. The zero-order chi connectivity index (χ0) is 13.8. The molecular formula is C10H12BrNO5S. The number of halogens is 1. The van der Waals surface area contributed by atoms with E-state index in [4.69, 9.17) is 0 Å². The number of benzene rings is 1. The van der Waals surface area contributed by atoms with E-state index in [1.807, 2.05) is 0 Å². The van der Waals surface area contributed by atoms with E-state index in [1.165, 1.54) is 12.1 Å². The van der Waals surface area contributed by atoms with Gasteiger partial charge < -0.3 is 9.84 Å². The summed E-state index contributed by atoms with van der Waals surface area (Å²) in [6, 6.07) is 5.95. The Kier molecular flexibility index (Phi) is 5.27. The van der Waals surface area contributed by atoms with E-state index in [-0.39, 0.29) is 4.90 Å². The normalized spacial score (nSPS) is 13.1. The second-order valence-corrected chi connectivity index (χ2v) is 6.03. The highest BCUT2D eigenvalue weighted by molar-refractivity contribution is 9.10. The molecule has 0 heterocycles. The van der Waals surface area contributed by atoms with Crippen LogP contribution in [0.15, 0.2) is 33.6 Å². The van der Waals surface area contributed by atoms with Crippen LogP contribution in [0.1, 0.15) is 0 Å². The van der Waals surface area contributed by atoms with Gasteiger partial charge in [-0.25, -0.2) is 17.9 Å². The van der Waals surface area contributed by atoms with Crippen molar-refractivity contribution in [3.8, 4) is 0 Å². The van der Waals surface area contributed by atoms with E-state index in [0.717, 1.165) is 11.6 Å². The zero-order valence-corrected chi connectivity index (χ0v) is 11.9. The van der Waals surface area contributed by atoms with E-state index in [2.05, 4.69) is 25.4 Å². The third-order valence-electron chi connectivity index (χ3n) is 2.06. The molecule has 1 unspecified atom stereocenters. The summed E-state index contributed by atoms with van der Waals surface area (Å²) in [5.41, 5.74) is 0. The first-order valence-corrected chi connectivity index (χ1v) is 7.15. The third kappa shape index (κ3) is 4.05. The standard InChI is InChI=1S/C10H12BrNO5S/c1-17-10(14)9(13)6-12-18(15,16)8-4-2-7(11)3-5-8/h2-5,9,12-13H,6H2,1H3. The van der Waals surface area contributed by atoms with E-state index in [0.29, 0.717) is 0 Å². The maximum Gasteiger partial charge on any atom is 0.336 e. The van der Waals surface area contributed by atoms with Gasteiger partial charge in [0.25, 0.3) is 0 Å². The summed E-state index contributed by atoms with van der Waals surface area (Å²) in [6.45, 7) is -0.439. The average Bonchev–Trinajstić information content (AvgIpc) is 2.35. The van der Waals surface area contributed by atoms with Gasteiger partial charge in [0.2, 0.25) is 10.0 Å². The topological polar surface area (TPSA) is 92.7 Å². The molecular weight excluding hydrogens is 326 g/mol. The maximum atomic E-state index is 11.8. The summed E-state index contributed by atoms with van der Waals surface area (Å²) in [6.07, 6.45) is -1.53. The van der Waals surface area contributed by atoms with Crippen LogP contribution in [0.2, 0.25) is 0 Å². The zero-order valence-electron chi connectivity index (χ0n) is 9.46. The van der Waals surface area contributed by atoms with Gasteiger partial charge in [0, 0.05) is 11.0 Å². The number of carbonyl (C=O) groups excluding carboxylic acids is 1. The van der Waals surface area contributed by atoms with Crippen LogP contribution in [0, 0.1) is 0 Å². The molecule has 0 aliphatic carbocycles. The fraction of sp³-hybridized carbons (Fsp3) is 0.300. The number of aliphatic hydroxyl groups is 1. The van der Waals surface area contributed by atoms with Crippen LogP contribution >= 0.6 is 15.9 Å². The van der Waals surface area contributed by atoms with Gasteiger partial charge in [-0.3, -0.25) is 0 Å². The largest absolute Gasteiger partial charge is 0.467 e. The minimum atomic E-state index is -3.75. The van der Waals surface area contributed by atoms with Gasteiger partial charge in [-0.15, -0.1) is 0 Å². The SMILES string of the molecule is COC(=O)C(O)CNS(=O)(=O)c1ccc(Br)cc1. The first kappa shape index (κ1) is 15.1. The van der Waals surface area contributed by atoms with Crippen LogP contribution in [-0.4, -0.2) is 39.3 Å². The number of carbonyl (C=O) groups is 1. The molecule has 0 spiro atoms. The van der Waals surface area contributed by atoms with Crippen LogP contribution in [0.25, 0.3) is 0 Å². The van der Waals surface area contributed by atoms with Gasteiger partial charge in [0.15, 0.2) is 6.10 Å². The fourth-order valence-electron chi connectivity index (χ4n) is 1.11. The number of ether oxygens (including phenoxy) is 1. The lowest BCUT2D eigenvalue weighted by molar-refractivity contribution is -0.149. The summed E-state index contributed by atoms with van der Waals surface area (Å²) < 4.78 is 30.7. The molecule has 8 heteroatoms. The molecule has 1 rings (SSSR count). The predicted molar refractivity (Wildman–Crippen MR) is 67.4 cm³/mol. The molecule has 0 radical (unpaired) electrons. The smallest absolute Gasteiger partial charge is 0.336 e. The minimum absolute atomic E-state index is 0.0442. The Morgan fingerprint density at radius 3 is 2.50 bits per heavy atom. The number of methoxy groups -OCH3 is 1. The lowest BCUT2D eigenvalue weighted by atomic mass is 10.4. The van der Waals surface area contributed by atoms with Crippen LogP contribution in [0.4, 0.5) is 0 Å². The minimum Gasteiger partial charge on any atom is -0.467 e. The average molecular weight is 338 g/mol. The Labute approximate surface area is 113 Å². The van der Waals surface area contributed by atoms with Crippen LogP contribution in [0.5, 0.6) is 0 Å². The van der Waals surface area contributed by atoms with Crippen molar-refractivity contribution in [2.24, 2.45) is 0 Å². The molecule has 2 N–H and O–H groups in total. The van der Waals surface area contributed by atoms with Gasteiger partial charge in [-0.1, -0.05) is 15.9 Å². The Morgan fingerprint density at radius 1 is 1.44 bits per heavy atom. The van der Waals surface area contributed by atoms with E-state index in [9.17, 15) is 18.3 Å². The van der Waals surface area contributed by atoms with Crippen molar-refractivity contribution in [2.75, 3.05) is 13.7 Å². The molecule has 0 amide bonds. The number of nitrogens with one attached hydrogen (secondary N) is 1. The molecule has 100 valence electrons. The number of aliphatic hydroxyl groups excluding tert-OH is 1. The molecule has 18 heavy (non-hydrogen) atoms. The van der Waals surface area contributed by atoms with Crippen LogP contribution in [-0.2, 0) is 19.6 Å². The Hall–Kier alpha value is -0.960. The van der Waals surface area contributed by atoms with Crippen molar-refractivity contribution in [1.29, 1.82) is 0 Å². The molecule has 0 bridgehead atoms. The second kappa shape index (κ2) is 6.28. The summed E-state index contributed by atoms with van der Waals surface area (Å²) >= 11 is 3.19. The molecule has 1 aromatic rings. The molecule has 0 aliphatic heterocycles. The van der Waals surface area contributed by atoms with Crippen molar-refractivity contribution in [3.05, 3.63) is 28.7 Å². The maximum absolute atomic E-state index is 11.8. The Balaban J connectivity index is 2.71. The number of esters is 1. The highest BCUT2D eigenvalue weighted by Gasteiger charge is 2.20. The molecule has 1 aromatic carbocycles. The number of rotatable bonds is 5. The van der Waals surface area contributed by atoms with Crippen LogP contribution in [0.3, 0.4) is 0 Å². The molecule has 0 aliphatic rings. The number of hydrogen-bond donors (Lipinski definition) is 2. The first-order chi connectivity index (χ1) is 8.36. The van der Waals surface area contributed by atoms with Gasteiger partial charge >= 0.3 is 5.97 Å². The van der Waals surface area contributed by atoms with Crippen molar-refractivity contribution in [2.45, 2.75) is 11.0 Å². The van der Waals surface area contributed by atoms with E-state index in [1.54, 1.807) is 12.1 Å². The van der Waals surface area contributed by atoms with Crippen LogP contribution < -0.4 is 4.72 Å². The van der Waals surface area contributed by atoms with Crippen molar-refractivity contribution in [3.63, 3.8) is 0 Å². The Morgan fingerprint density at radius 2 is 2.00 bits per heavy atom. The summed E-state index contributed by atoms with van der Waals surface area (Å²) in [5, 5.41) is 9.26. The molecule has 1 atom stereocenters. The number of sulfonamides is 1. The second-order valence-electron chi connectivity index (χ2n) is 3.34. The van der Waals surface area contributed by atoms with Gasteiger partial charge in [0.05, 0.1) is 12.0 Å². The number of hydrogen-bond acceptors (Lipinski definition) is 5. The lowest BCUT2D eigenvalue weighted by Crippen LogP contribution is -2.37. The summed E-state index contributed by atoms with van der Waals surface area (Å²) in [5.74, 6) is -0.895. The van der Waals surface area contributed by atoms with Gasteiger partial charge in [-0.05, 0) is 24.3 Å². The third-order valence-corrected chi connectivity index (χ3v) is 4.03.